The minimum absolute atomic E-state index is 0.293. The molecule has 0 bridgehead atoms. The predicted octanol–water partition coefficient (Wildman–Crippen LogP) is 2.19. The standard InChI is InChI=1S/C13H19NO3S/c1-11-6-8-12(9-7-11)18(15,16)14-13-5-3-2-4-10-17-13/h6-9,13-14H,2-5,10H2,1H3. The topological polar surface area (TPSA) is 55.4 Å². The third-order valence-electron chi connectivity index (χ3n) is 3.05. The van der Waals surface area contributed by atoms with Crippen molar-refractivity contribution in [3.05, 3.63) is 29.8 Å². The van der Waals surface area contributed by atoms with Crippen LogP contribution in [0.4, 0.5) is 0 Å². The molecule has 1 aromatic carbocycles. The Morgan fingerprint density at radius 3 is 2.61 bits per heavy atom. The van der Waals surface area contributed by atoms with Crippen LogP contribution in [-0.2, 0) is 14.8 Å². The van der Waals surface area contributed by atoms with Crippen LogP contribution in [-0.4, -0.2) is 21.3 Å². The molecule has 1 heterocycles. The van der Waals surface area contributed by atoms with Crippen LogP contribution in [0.1, 0.15) is 31.2 Å². The first-order valence-corrected chi connectivity index (χ1v) is 7.77. The Morgan fingerprint density at radius 1 is 1.17 bits per heavy atom. The second-order valence-electron chi connectivity index (χ2n) is 4.64. The average molecular weight is 269 g/mol. The highest BCUT2D eigenvalue weighted by molar-refractivity contribution is 7.89. The summed E-state index contributed by atoms with van der Waals surface area (Å²) in [5.74, 6) is 0. The van der Waals surface area contributed by atoms with Crippen LogP contribution in [0.25, 0.3) is 0 Å². The molecule has 1 saturated heterocycles. The molecule has 0 aromatic heterocycles. The summed E-state index contributed by atoms with van der Waals surface area (Å²) in [5, 5.41) is 0. The largest absolute Gasteiger partial charge is 0.362 e. The Labute approximate surface area is 108 Å². The van der Waals surface area contributed by atoms with E-state index >= 15 is 0 Å². The zero-order valence-corrected chi connectivity index (χ0v) is 11.4. The number of hydrogen-bond donors (Lipinski definition) is 1. The van der Waals surface area contributed by atoms with Gasteiger partial charge in [-0.2, -0.15) is 4.72 Å². The van der Waals surface area contributed by atoms with Gasteiger partial charge in [0.1, 0.15) is 6.23 Å². The molecular formula is C13H19NO3S. The van der Waals surface area contributed by atoms with Crippen molar-refractivity contribution < 1.29 is 13.2 Å². The van der Waals surface area contributed by atoms with Gasteiger partial charge in [0.15, 0.2) is 0 Å². The molecule has 5 heteroatoms. The van der Waals surface area contributed by atoms with E-state index in [1.165, 1.54) is 0 Å². The fourth-order valence-corrected chi connectivity index (χ4v) is 3.13. The monoisotopic (exact) mass is 269 g/mol. The van der Waals surface area contributed by atoms with Crippen molar-refractivity contribution in [2.45, 2.75) is 43.7 Å². The van der Waals surface area contributed by atoms with Crippen LogP contribution >= 0.6 is 0 Å². The maximum Gasteiger partial charge on any atom is 0.242 e. The molecule has 1 aliphatic rings. The lowest BCUT2D eigenvalue weighted by Gasteiger charge is -2.16. The quantitative estimate of drug-likeness (QED) is 0.915. The van der Waals surface area contributed by atoms with E-state index in [0.717, 1.165) is 31.2 Å². The van der Waals surface area contributed by atoms with Crippen LogP contribution in [0.3, 0.4) is 0 Å². The number of benzene rings is 1. The highest BCUT2D eigenvalue weighted by Gasteiger charge is 2.21. The number of ether oxygens (including phenoxy) is 1. The van der Waals surface area contributed by atoms with E-state index in [1.807, 2.05) is 6.92 Å². The molecule has 1 N–H and O–H groups in total. The molecule has 4 nitrogen and oxygen atoms in total. The molecule has 1 fully saturated rings. The molecule has 100 valence electrons. The molecule has 1 atom stereocenters. The van der Waals surface area contributed by atoms with Gasteiger partial charge < -0.3 is 4.74 Å². The van der Waals surface area contributed by atoms with Crippen molar-refractivity contribution in [3.8, 4) is 0 Å². The molecule has 2 rings (SSSR count). The molecule has 0 amide bonds. The SMILES string of the molecule is Cc1ccc(S(=O)(=O)NC2CCCCCO2)cc1. The minimum Gasteiger partial charge on any atom is -0.362 e. The fourth-order valence-electron chi connectivity index (χ4n) is 1.97. The van der Waals surface area contributed by atoms with E-state index in [1.54, 1.807) is 24.3 Å². The van der Waals surface area contributed by atoms with Crippen LogP contribution in [0.5, 0.6) is 0 Å². The van der Waals surface area contributed by atoms with Gasteiger partial charge in [0.25, 0.3) is 0 Å². The number of hydrogen-bond acceptors (Lipinski definition) is 3. The Bertz CT molecular complexity index is 473. The Morgan fingerprint density at radius 2 is 1.89 bits per heavy atom. The molecule has 0 radical (unpaired) electrons. The summed E-state index contributed by atoms with van der Waals surface area (Å²) in [6.07, 6.45) is 3.45. The van der Waals surface area contributed by atoms with E-state index < -0.39 is 10.0 Å². The second-order valence-corrected chi connectivity index (χ2v) is 6.36. The summed E-state index contributed by atoms with van der Waals surface area (Å²) in [6.45, 7) is 2.55. The van der Waals surface area contributed by atoms with Gasteiger partial charge in [-0.3, -0.25) is 0 Å². The van der Waals surface area contributed by atoms with Crippen molar-refractivity contribution in [2.24, 2.45) is 0 Å². The summed E-state index contributed by atoms with van der Waals surface area (Å²) < 4.78 is 32.4. The van der Waals surface area contributed by atoms with E-state index in [-0.39, 0.29) is 6.23 Å². The molecule has 0 saturated carbocycles. The van der Waals surface area contributed by atoms with Crippen LogP contribution < -0.4 is 4.72 Å². The maximum atomic E-state index is 12.1. The van der Waals surface area contributed by atoms with Crippen molar-refractivity contribution in [1.29, 1.82) is 0 Å². The van der Waals surface area contributed by atoms with E-state index in [2.05, 4.69) is 4.72 Å². The summed E-state index contributed by atoms with van der Waals surface area (Å²) in [6, 6.07) is 6.83. The first-order valence-electron chi connectivity index (χ1n) is 6.28. The van der Waals surface area contributed by atoms with Gasteiger partial charge in [0, 0.05) is 6.61 Å². The molecule has 1 aromatic rings. The predicted molar refractivity (Wildman–Crippen MR) is 69.7 cm³/mol. The molecule has 0 aliphatic carbocycles. The lowest BCUT2D eigenvalue weighted by molar-refractivity contribution is 0.0513. The minimum atomic E-state index is -3.47. The van der Waals surface area contributed by atoms with Gasteiger partial charge in [-0.15, -0.1) is 0 Å². The second kappa shape index (κ2) is 5.82. The first kappa shape index (κ1) is 13.5. The maximum absolute atomic E-state index is 12.1. The molecule has 18 heavy (non-hydrogen) atoms. The zero-order valence-electron chi connectivity index (χ0n) is 10.6. The third kappa shape index (κ3) is 3.54. The summed E-state index contributed by atoms with van der Waals surface area (Å²) in [7, 11) is -3.47. The Hall–Kier alpha value is -0.910. The molecule has 1 unspecified atom stereocenters. The average Bonchev–Trinajstić information content (AvgIpc) is 2.57. The van der Waals surface area contributed by atoms with Gasteiger partial charge in [-0.1, -0.05) is 24.1 Å². The number of rotatable bonds is 3. The van der Waals surface area contributed by atoms with Crippen molar-refractivity contribution >= 4 is 10.0 Å². The van der Waals surface area contributed by atoms with Crippen molar-refractivity contribution in [1.82, 2.24) is 4.72 Å². The summed E-state index contributed by atoms with van der Waals surface area (Å²) >= 11 is 0. The van der Waals surface area contributed by atoms with Crippen LogP contribution in [0.15, 0.2) is 29.2 Å². The highest BCUT2D eigenvalue weighted by Crippen LogP contribution is 2.15. The Kier molecular flexibility index (Phi) is 4.37. The van der Waals surface area contributed by atoms with E-state index in [0.29, 0.717) is 11.5 Å². The normalized spacial score (nSPS) is 21.5. The highest BCUT2D eigenvalue weighted by atomic mass is 32.2. The van der Waals surface area contributed by atoms with Crippen molar-refractivity contribution in [3.63, 3.8) is 0 Å². The lowest BCUT2D eigenvalue weighted by atomic mass is 10.2. The Balaban J connectivity index is 2.08. The van der Waals surface area contributed by atoms with Crippen LogP contribution in [0, 0.1) is 6.92 Å². The number of sulfonamides is 1. The zero-order chi connectivity index (χ0) is 13.0. The smallest absolute Gasteiger partial charge is 0.242 e. The molecule has 1 aliphatic heterocycles. The first-order chi connectivity index (χ1) is 8.58. The number of nitrogens with one attached hydrogen (secondary N) is 1. The fraction of sp³-hybridized carbons (Fsp3) is 0.538. The van der Waals surface area contributed by atoms with Crippen LogP contribution in [0.2, 0.25) is 0 Å². The van der Waals surface area contributed by atoms with E-state index in [9.17, 15) is 8.42 Å². The number of aryl methyl sites for hydroxylation is 1. The van der Waals surface area contributed by atoms with E-state index in [4.69, 9.17) is 4.74 Å². The van der Waals surface area contributed by atoms with Gasteiger partial charge in [0.2, 0.25) is 10.0 Å². The summed E-state index contributed by atoms with van der Waals surface area (Å²) in [4.78, 5) is 0.293. The lowest BCUT2D eigenvalue weighted by Crippen LogP contribution is -2.36. The van der Waals surface area contributed by atoms with Gasteiger partial charge >= 0.3 is 0 Å². The summed E-state index contributed by atoms with van der Waals surface area (Å²) in [5.41, 5.74) is 1.04. The van der Waals surface area contributed by atoms with Gasteiger partial charge in [-0.05, 0) is 38.3 Å². The molecule has 0 spiro atoms. The third-order valence-corrected chi connectivity index (χ3v) is 4.51. The van der Waals surface area contributed by atoms with Gasteiger partial charge in [0.05, 0.1) is 4.90 Å². The van der Waals surface area contributed by atoms with Gasteiger partial charge in [-0.25, -0.2) is 8.42 Å². The van der Waals surface area contributed by atoms with Crippen molar-refractivity contribution in [2.75, 3.05) is 6.61 Å². The molecular weight excluding hydrogens is 250 g/mol.